The fraction of sp³-hybridized carbons (Fsp3) is 0.400. The Labute approximate surface area is 157 Å². The minimum Gasteiger partial charge on any atom is -0.454 e. The quantitative estimate of drug-likeness (QED) is 0.411. The molecule has 0 fully saturated rings. The largest absolute Gasteiger partial charge is 0.454 e. The van der Waals surface area contributed by atoms with Crippen LogP contribution in [0.4, 0.5) is 0 Å². The van der Waals surface area contributed by atoms with Crippen molar-refractivity contribution in [3.05, 3.63) is 35.5 Å². The maximum atomic E-state index is 5.38. The van der Waals surface area contributed by atoms with Crippen LogP contribution >= 0.6 is 24.0 Å². The second kappa shape index (κ2) is 8.71. The van der Waals surface area contributed by atoms with Crippen molar-refractivity contribution in [2.45, 2.75) is 19.9 Å². The van der Waals surface area contributed by atoms with E-state index < -0.39 is 0 Å². The molecule has 9 heteroatoms. The minimum atomic E-state index is 0. The maximum absolute atomic E-state index is 5.38. The first-order valence-corrected chi connectivity index (χ1v) is 7.37. The molecule has 8 nitrogen and oxygen atoms in total. The van der Waals surface area contributed by atoms with Crippen molar-refractivity contribution in [1.82, 2.24) is 20.8 Å². The van der Waals surface area contributed by atoms with Crippen molar-refractivity contribution in [3.63, 3.8) is 0 Å². The van der Waals surface area contributed by atoms with Gasteiger partial charge in [-0.05, 0) is 24.1 Å². The number of nitrogens with one attached hydrogen (secondary N) is 2. The van der Waals surface area contributed by atoms with Crippen molar-refractivity contribution in [2.24, 2.45) is 4.99 Å². The van der Waals surface area contributed by atoms with E-state index in [0.717, 1.165) is 24.5 Å². The lowest BCUT2D eigenvalue weighted by atomic mass is 10.1. The highest BCUT2D eigenvalue weighted by atomic mass is 127. The third-order valence-corrected chi connectivity index (χ3v) is 3.35. The van der Waals surface area contributed by atoms with Crippen LogP contribution < -0.4 is 20.1 Å². The van der Waals surface area contributed by atoms with E-state index in [2.05, 4.69) is 25.8 Å². The summed E-state index contributed by atoms with van der Waals surface area (Å²) in [5.74, 6) is 3.44. The topological polar surface area (TPSA) is 93.8 Å². The summed E-state index contributed by atoms with van der Waals surface area (Å²) in [5.41, 5.74) is 1.17. The SMILES string of the molecule is CN=C(NCCc1ccc2c(c1)OCO2)NCc1noc(C)n1.I. The number of rotatable bonds is 5. The number of ether oxygens (including phenoxy) is 2. The van der Waals surface area contributed by atoms with Gasteiger partial charge in [-0.3, -0.25) is 4.99 Å². The minimum absolute atomic E-state index is 0. The molecule has 2 heterocycles. The number of aromatic nitrogens is 2. The van der Waals surface area contributed by atoms with E-state index in [0.29, 0.717) is 31.0 Å². The van der Waals surface area contributed by atoms with E-state index in [9.17, 15) is 0 Å². The zero-order valence-corrected chi connectivity index (χ0v) is 15.9. The number of hydrogen-bond donors (Lipinski definition) is 2. The molecule has 130 valence electrons. The molecule has 0 saturated carbocycles. The van der Waals surface area contributed by atoms with Gasteiger partial charge in [0.15, 0.2) is 23.3 Å². The molecule has 0 amide bonds. The fourth-order valence-electron chi connectivity index (χ4n) is 2.22. The van der Waals surface area contributed by atoms with E-state index in [1.54, 1.807) is 14.0 Å². The summed E-state index contributed by atoms with van der Waals surface area (Å²) < 4.78 is 15.6. The first-order chi connectivity index (χ1) is 11.2. The highest BCUT2D eigenvalue weighted by Gasteiger charge is 2.13. The summed E-state index contributed by atoms with van der Waals surface area (Å²) in [7, 11) is 1.72. The van der Waals surface area contributed by atoms with Gasteiger partial charge < -0.3 is 24.6 Å². The lowest BCUT2D eigenvalue weighted by Crippen LogP contribution is -2.38. The van der Waals surface area contributed by atoms with Crippen molar-refractivity contribution < 1.29 is 14.0 Å². The monoisotopic (exact) mass is 445 g/mol. The van der Waals surface area contributed by atoms with Crippen LogP contribution in [0.15, 0.2) is 27.7 Å². The Bertz CT molecular complexity index is 704. The number of guanidine groups is 1. The number of fused-ring (bicyclic) bond motifs is 1. The second-order valence-electron chi connectivity index (χ2n) is 5.02. The van der Waals surface area contributed by atoms with Gasteiger partial charge in [0, 0.05) is 20.5 Å². The first-order valence-electron chi connectivity index (χ1n) is 7.37. The second-order valence-corrected chi connectivity index (χ2v) is 5.02. The van der Waals surface area contributed by atoms with Crippen molar-refractivity contribution in [2.75, 3.05) is 20.4 Å². The Morgan fingerprint density at radius 2 is 2.08 bits per heavy atom. The van der Waals surface area contributed by atoms with Crippen LogP contribution in [0, 0.1) is 6.92 Å². The average Bonchev–Trinajstić information content (AvgIpc) is 3.18. The molecule has 0 bridgehead atoms. The van der Waals surface area contributed by atoms with Crippen molar-refractivity contribution in [1.29, 1.82) is 0 Å². The lowest BCUT2D eigenvalue weighted by molar-refractivity contribution is 0.174. The van der Waals surface area contributed by atoms with Gasteiger partial charge in [-0.2, -0.15) is 4.98 Å². The molecule has 0 radical (unpaired) electrons. The molecule has 2 aromatic rings. The fourth-order valence-corrected chi connectivity index (χ4v) is 2.22. The van der Waals surface area contributed by atoms with Gasteiger partial charge in [-0.25, -0.2) is 0 Å². The Morgan fingerprint density at radius 1 is 1.25 bits per heavy atom. The van der Waals surface area contributed by atoms with Gasteiger partial charge in [0.25, 0.3) is 0 Å². The molecule has 1 aliphatic heterocycles. The molecule has 0 spiro atoms. The molecule has 0 saturated heterocycles. The standard InChI is InChI=1S/C15H19N5O3.HI/c1-10-19-14(20-23-10)8-18-15(16-2)17-6-5-11-3-4-12-13(7-11)22-9-21-12;/h3-4,7H,5-6,8-9H2,1-2H3,(H2,16,17,18);1H. The van der Waals surface area contributed by atoms with Gasteiger partial charge in [-0.15, -0.1) is 24.0 Å². The third-order valence-electron chi connectivity index (χ3n) is 3.35. The Balaban J connectivity index is 0.00000208. The molecular weight excluding hydrogens is 425 g/mol. The van der Waals surface area contributed by atoms with E-state index in [-0.39, 0.29) is 24.0 Å². The first kappa shape index (κ1) is 18.3. The molecule has 0 atom stereocenters. The summed E-state index contributed by atoms with van der Waals surface area (Å²) in [6.07, 6.45) is 0.846. The predicted molar refractivity (Wildman–Crippen MR) is 98.9 cm³/mol. The zero-order chi connectivity index (χ0) is 16.1. The third kappa shape index (κ3) is 4.73. The van der Waals surface area contributed by atoms with Crippen molar-refractivity contribution >= 4 is 29.9 Å². The predicted octanol–water partition coefficient (Wildman–Crippen LogP) is 1.63. The summed E-state index contributed by atoms with van der Waals surface area (Å²) >= 11 is 0. The number of aliphatic imine (C=N–C) groups is 1. The van der Waals surface area contributed by atoms with Crippen LogP contribution in [0.3, 0.4) is 0 Å². The molecule has 1 aliphatic rings. The number of hydrogen-bond acceptors (Lipinski definition) is 6. The van der Waals surface area contributed by atoms with Gasteiger partial charge >= 0.3 is 0 Å². The molecule has 0 aliphatic carbocycles. The highest BCUT2D eigenvalue weighted by molar-refractivity contribution is 14.0. The summed E-state index contributed by atoms with van der Waals surface area (Å²) in [4.78, 5) is 8.29. The van der Waals surface area contributed by atoms with Crippen LogP contribution in [0.2, 0.25) is 0 Å². The van der Waals surface area contributed by atoms with E-state index in [4.69, 9.17) is 14.0 Å². The Hall–Kier alpha value is -2.04. The van der Waals surface area contributed by atoms with E-state index in [1.807, 2.05) is 18.2 Å². The van der Waals surface area contributed by atoms with Gasteiger partial charge in [0.2, 0.25) is 12.7 Å². The molecule has 24 heavy (non-hydrogen) atoms. The Kier molecular flexibility index (Phi) is 6.64. The Morgan fingerprint density at radius 3 is 2.83 bits per heavy atom. The van der Waals surface area contributed by atoms with Crippen LogP contribution in [0.5, 0.6) is 11.5 Å². The molecule has 0 unspecified atom stereocenters. The number of benzene rings is 1. The van der Waals surface area contributed by atoms with E-state index >= 15 is 0 Å². The van der Waals surface area contributed by atoms with Crippen LogP contribution in [0.1, 0.15) is 17.3 Å². The molecular formula is C15H20IN5O3. The summed E-state index contributed by atoms with van der Waals surface area (Å²) in [6.45, 7) is 3.25. The number of halogens is 1. The average molecular weight is 445 g/mol. The van der Waals surface area contributed by atoms with Crippen molar-refractivity contribution in [3.8, 4) is 11.5 Å². The smallest absolute Gasteiger partial charge is 0.231 e. The lowest BCUT2D eigenvalue weighted by Gasteiger charge is -2.10. The number of aryl methyl sites for hydroxylation is 1. The molecule has 1 aromatic heterocycles. The molecule has 3 rings (SSSR count). The molecule has 1 aromatic carbocycles. The normalized spacial score (nSPS) is 12.7. The van der Waals surface area contributed by atoms with E-state index in [1.165, 1.54) is 5.56 Å². The van der Waals surface area contributed by atoms with Crippen LogP contribution in [-0.4, -0.2) is 36.5 Å². The van der Waals surface area contributed by atoms with Gasteiger partial charge in [0.1, 0.15) is 0 Å². The summed E-state index contributed by atoms with van der Waals surface area (Å²) in [5, 5.41) is 10.2. The maximum Gasteiger partial charge on any atom is 0.231 e. The van der Waals surface area contributed by atoms with Crippen LogP contribution in [-0.2, 0) is 13.0 Å². The number of nitrogens with zero attached hydrogens (tertiary/aromatic N) is 3. The molecule has 2 N–H and O–H groups in total. The van der Waals surface area contributed by atoms with Gasteiger partial charge in [-0.1, -0.05) is 11.2 Å². The zero-order valence-electron chi connectivity index (χ0n) is 13.5. The summed E-state index contributed by atoms with van der Waals surface area (Å²) in [6, 6.07) is 5.97. The van der Waals surface area contributed by atoms with Crippen LogP contribution in [0.25, 0.3) is 0 Å². The highest BCUT2D eigenvalue weighted by Crippen LogP contribution is 2.32. The van der Waals surface area contributed by atoms with Gasteiger partial charge in [0.05, 0.1) is 6.54 Å².